The van der Waals surface area contributed by atoms with Crippen LogP contribution in [0.25, 0.3) is 6.08 Å². The van der Waals surface area contributed by atoms with E-state index in [-0.39, 0.29) is 18.1 Å². The highest BCUT2D eigenvalue weighted by molar-refractivity contribution is 5.55. The normalized spacial score (nSPS) is 13.3. The van der Waals surface area contributed by atoms with Crippen molar-refractivity contribution in [1.82, 2.24) is 0 Å². The fourth-order valence-corrected chi connectivity index (χ4v) is 4.24. The van der Waals surface area contributed by atoms with E-state index >= 15 is 0 Å². The summed E-state index contributed by atoms with van der Waals surface area (Å²) in [5, 5.41) is 10.7. The Balaban J connectivity index is 1.31. The van der Waals surface area contributed by atoms with Crippen molar-refractivity contribution in [2.24, 2.45) is 0 Å². The maximum Gasteiger partial charge on any atom is 0.0485 e. The van der Waals surface area contributed by atoms with Crippen molar-refractivity contribution >= 4 is 28.8 Å². The molecule has 0 radical (unpaired) electrons. The molecule has 4 aromatic carbocycles. The minimum absolute atomic E-state index is 0.193. The maximum absolute atomic E-state index is 5.80. The summed E-state index contributed by atoms with van der Waals surface area (Å²) < 4.78 is 0. The second-order valence-electron chi connectivity index (χ2n) is 9.33. The summed E-state index contributed by atoms with van der Waals surface area (Å²) in [6, 6.07) is 34.2. The molecule has 5 N–H and O–H groups in total. The molecule has 0 fully saturated rings. The van der Waals surface area contributed by atoms with E-state index in [1.807, 2.05) is 18.2 Å². The number of nitrogens with two attached hydrogens (primary N) is 1. The van der Waals surface area contributed by atoms with E-state index in [0.29, 0.717) is 0 Å². The zero-order chi connectivity index (χ0) is 25.5. The minimum Gasteiger partial charge on any atom is -0.399 e. The van der Waals surface area contributed by atoms with Gasteiger partial charge in [-0.1, -0.05) is 61.2 Å². The lowest BCUT2D eigenvalue weighted by Crippen LogP contribution is -2.09. The standard InChI is InChI=1S/C32H36N4/c1-5-25-6-16-30(17-7-25)34-23(3)27-10-20-32(21-11-27)36-24(4)28-12-18-31(19-13-28)35-22(2)26-8-14-29(33)15-9-26/h5-24,34-36H,1,33H2,2-4H3. The van der Waals surface area contributed by atoms with Crippen LogP contribution in [0.1, 0.15) is 61.2 Å². The Kier molecular flexibility index (Phi) is 7.96. The molecule has 36 heavy (non-hydrogen) atoms. The lowest BCUT2D eigenvalue weighted by atomic mass is 10.0. The van der Waals surface area contributed by atoms with Gasteiger partial charge in [-0.05, 0) is 91.6 Å². The molecule has 3 unspecified atom stereocenters. The van der Waals surface area contributed by atoms with Gasteiger partial charge in [-0.3, -0.25) is 0 Å². The summed E-state index contributed by atoms with van der Waals surface area (Å²) in [5.74, 6) is 0. The molecular weight excluding hydrogens is 440 g/mol. The summed E-state index contributed by atoms with van der Waals surface area (Å²) in [7, 11) is 0. The summed E-state index contributed by atoms with van der Waals surface area (Å²) in [4.78, 5) is 0. The molecule has 0 bridgehead atoms. The van der Waals surface area contributed by atoms with Gasteiger partial charge in [0.2, 0.25) is 0 Å². The zero-order valence-electron chi connectivity index (χ0n) is 21.3. The third-order valence-electron chi connectivity index (χ3n) is 6.55. The van der Waals surface area contributed by atoms with Gasteiger partial charge in [0.15, 0.2) is 0 Å². The first kappa shape index (κ1) is 24.9. The van der Waals surface area contributed by atoms with Crippen molar-refractivity contribution in [3.63, 3.8) is 0 Å². The summed E-state index contributed by atoms with van der Waals surface area (Å²) in [5.41, 5.74) is 14.7. The molecule has 0 amide bonds. The molecule has 0 aliphatic heterocycles. The molecule has 4 heteroatoms. The van der Waals surface area contributed by atoms with Gasteiger partial charge in [-0.15, -0.1) is 0 Å². The first-order valence-corrected chi connectivity index (χ1v) is 12.5. The molecule has 0 spiro atoms. The van der Waals surface area contributed by atoms with Crippen molar-refractivity contribution in [3.8, 4) is 0 Å². The van der Waals surface area contributed by atoms with E-state index in [1.54, 1.807) is 0 Å². The van der Waals surface area contributed by atoms with E-state index < -0.39 is 0 Å². The van der Waals surface area contributed by atoms with Crippen LogP contribution in [-0.4, -0.2) is 0 Å². The summed E-state index contributed by atoms with van der Waals surface area (Å²) in [6.45, 7) is 10.3. The first-order chi connectivity index (χ1) is 17.4. The predicted octanol–water partition coefficient (Wildman–Crippen LogP) is 8.43. The lowest BCUT2D eigenvalue weighted by molar-refractivity contribution is 0.871. The fraction of sp³-hybridized carbons (Fsp3) is 0.188. The topological polar surface area (TPSA) is 62.1 Å². The van der Waals surface area contributed by atoms with Gasteiger partial charge in [0.1, 0.15) is 0 Å². The highest BCUT2D eigenvalue weighted by Crippen LogP contribution is 2.26. The Morgan fingerprint density at radius 1 is 0.528 bits per heavy atom. The van der Waals surface area contributed by atoms with Crippen molar-refractivity contribution < 1.29 is 0 Å². The number of hydrogen-bond donors (Lipinski definition) is 4. The lowest BCUT2D eigenvalue weighted by Gasteiger charge is -2.20. The molecule has 0 saturated heterocycles. The molecular formula is C32H36N4. The number of rotatable bonds is 10. The van der Waals surface area contributed by atoms with Gasteiger partial charge in [0.25, 0.3) is 0 Å². The molecule has 0 aromatic heterocycles. The Morgan fingerprint density at radius 3 is 1.17 bits per heavy atom. The van der Waals surface area contributed by atoms with Gasteiger partial charge < -0.3 is 21.7 Å². The monoisotopic (exact) mass is 476 g/mol. The average molecular weight is 477 g/mol. The molecule has 0 heterocycles. The Labute approximate surface area is 215 Å². The smallest absolute Gasteiger partial charge is 0.0485 e. The van der Waals surface area contributed by atoms with Crippen LogP contribution in [0, 0.1) is 0 Å². The van der Waals surface area contributed by atoms with Crippen molar-refractivity contribution in [1.29, 1.82) is 0 Å². The van der Waals surface area contributed by atoms with Crippen LogP contribution in [0.15, 0.2) is 104 Å². The number of nitrogens with one attached hydrogen (secondary N) is 3. The van der Waals surface area contributed by atoms with E-state index in [9.17, 15) is 0 Å². The molecule has 4 nitrogen and oxygen atoms in total. The van der Waals surface area contributed by atoms with Gasteiger partial charge in [0.05, 0.1) is 0 Å². The van der Waals surface area contributed by atoms with Crippen molar-refractivity contribution in [2.75, 3.05) is 21.7 Å². The third-order valence-corrected chi connectivity index (χ3v) is 6.55. The molecule has 4 rings (SSSR count). The molecule has 0 aliphatic carbocycles. The van der Waals surface area contributed by atoms with Gasteiger partial charge in [-0.25, -0.2) is 0 Å². The van der Waals surface area contributed by atoms with Crippen LogP contribution >= 0.6 is 0 Å². The molecule has 0 saturated carbocycles. The van der Waals surface area contributed by atoms with Crippen LogP contribution in [0.2, 0.25) is 0 Å². The number of hydrogen-bond acceptors (Lipinski definition) is 4. The second-order valence-corrected chi connectivity index (χ2v) is 9.33. The van der Waals surface area contributed by atoms with E-state index in [1.165, 1.54) is 16.7 Å². The first-order valence-electron chi connectivity index (χ1n) is 12.5. The van der Waals surface area contributed by atoms with Gasteiger partial charge >= 0.3 is 0 Å². The fourth-order valence-electron chi connectivity index (χ4n) is 4.24. The zero-order valence-corrected chi connectivity index (χ0v) is 21.3. The highest BCUT2D eigenvalue weighted by atomic mass is 14.9. The molecule has 3 atom stereocenters. The van der Waals surface area contributed by atoms with Crippen LogP contribution < -0.4 is 21.7 Å². The summed E-state index contributed by atoms with van der Waals surface area (Å²) >= 11 is 0. The SMILES string of the molecule is C=Cc1ccc(NC(C)c2ccc(NC(C)c3ccc(NC(C)c4ccc(N)cc4)cc3)cc2)cc1. The van der Waals surface area contributed by atoms with Crippen LogP contribution in [-0.2, 0) is 0 Å². The van der Waals surface area contributed by atoms with E-state index in [0.717, 1.165) is 28.3 Å². The minimum atomic E-state index is 0.193. The van der Waals surface area contributed by atoms with Gasteiger partial charge in [0, 0.05) is 40.9 Å². The third kappa shape index (κ3) is 6.48. The Bertz CT molecular complexity index is 1240. The average Bonchev–Trinajstić information content (AvgIpc) is 2.90. The molecule has 0 aliphatic rings. The van der Waals surface area contributed by atoms with E-state index in [4.69, 9.17) is 5.73 Å². The molecule has 184 valence electrons. The molecule has 4 aromatic rings. The van der Waals surface area contributed by atoms with Crippen LogP contribution in [0.3, 0.4) is 0 Å². The predicted molar refractivity (Wildman–Crippen MR) is 156 cm³/mol. The van der Waals surface area contributed by atoms with Crippen molar-refractivity contribution in [3.05, 3.63) is 126 Å². The second kappa shape index (κ2) is 11.5. The van der Waals surface area contributed by atoms with E-state index in [2.05, 4.69) is 128 Å². The Morgan fingerprint density at radius 2 is 0.833 bits per heavy atom. The maximum atomic E-state index is 5.80. The van der Waals surface area contributed by atoms with Crippen molar-refractivity contribution in [2.45, 2.75) is 38.9 Å². The number of benzene rings is 4. The highest BCUT2D eigenvalue weighted by Gasteiger charge is 2.09. The van der Waals surface area contributed by atoms with Gasteiger partial charge in [-0.2, -0.15) is 0 Å². The summed E-state index contributed by atoms with van der Waals surface area (Å²) in [6.07, 6.45) is 1.86. The number of anilines is 4. The van der Waals surface area contributed by atoms with Crippen LogP contribution in [0.4, 0.5) is 22.7 Å². The largest absolute Gasteiger partial charge is 0.399 e. The quantitative estimate of drug-likeness (QED) is 0.173. The Hall–Kier alpha value is -4.18. The van der Waals surface area contributed by atoms with Crippen LogP contribution in [0.5, 0.6) is 0 Å². The number of nitrogen functional groups attached to an aromatic ring is 1.